The second-order valence-corrected chi connectivity index (χ2v) is 3.93. The average Bonchev–Trinajstić information content (AvgIpc) is 2.49. The van der Waals surface area contributed by atoms with E-state index in [1.807, 2.05) is 13.0 Å². The highest BCUT2D eigenvalue weighted by atomic mass is 32.1. The SMILES string of the molecule is Cc1cncc2sc(C(N)=O)cc12. The number of carbonyl (C=O) groups excluding carboxylic acids is 1. The van der Waals surface area contributed by atoms with E-state index in [0.29, 0.717) is 4.88 Å². The standard InChI is InChI=1S/C9H8N2OS/c1-5-3-11-4-8-6(5)2-7(13-8)9(10)12/h2-4H,1H3,(H2,10,12). The van der Waals surface area contributed by atoms with Gasteiger partial charge < -0.3 is 5.73 Å². The maximum atomic E-state index is 10.9. The van der Waals surface area contributed by atoms with Gasteiger partial charge in [0.25, 0.3) is 5.91 Å². The van der Waals surface area contributed by atoms with Gasteiger partial charge in [0, 0.05) is 12.4 Å². The molecule has 0 aliphatic carbocycles. The van der Waals surface area contributed by atoms with Crippen molar-refractivity contribution in [2.45, 2.75) is 6.92 Å². The highest BCUT2D eigenvalue weighted by Crippen LogP contribution is 2.26. The van der Waals surface area contributed by atoms with Gasteiger partial charge in [0.2, 0.25) is 0 Å². The van der Waals surface area contributed by atoms with Crippen LogP contribution in [0.5, 0.6) is 0 Å². The molecule has 4 heteroatoms. The van der Waals surface area contributed by atoms with Crippen LogP contribution in [0, 0.1) is 6.92 Å². The Morgan fingerprint density at radius 1 is 1.54 bits per heavy atom. The largest absolute Gasteiger partial charge is 0.365 e. The molecule has 13 heavy (non-hydrogen) atoms. The Balaban J connectivity index is 2.75. The number of hydrogen-bond donors (Lipinski definition) is 1. The number of nitrogens with two attached hydrogens (primary N) is 1. The van der Waals surface area contributed by atoms with E-state index in [2.05, 4.69) is 4.98 Å². The predicted octanol–water partition coefficient (Wildman–Crippen LogP) is 1.70. The molecule has 0 aliphatic rings. The summed E-state index contributed by atoms with van der Waals surface area (Å²) in [5.74, 6) is -0.374. The molecule has 3 nitrogen and oxygen atoms in total. The monoisotopic (exact) mass is 192 g/mol. The van der Waals surface area contributed by atoms with E-state index in [9.17, 15) is 4.79 Å². The first-order valence-corrected chi connectivity index (χ1v) is 4.64. The van der Waals surface area contributed by atoms with Crippen LogP contribution < -0.4 is 5.73 Å². The minimum Gasteiger partial charge on any atom is -0.365 e. The van der Waals surface area contributed by atoms with Crippen LogP contribution in [0.1, 0.15) is 15.2 Å². The summed E-state index contributed by atoms with van der Waals surface area (Å²) in [4.78, 5) is 15.5. The van der Waals surface area contributed by atoms with Crippen LogP contribution >= 0.6 is 11.3 Å². The molecule has 0 aromatic carbocycles. The van der Waals surface area contributed by atoms with E-state index in [1.165, 1.54) is 11.3 Å². The highest BCUT2D eigenvalue weighted by Gasteiger charge is 2.07. The quantitative estimate of drug-likeness (QED) is 0.747. The summed E-state index contributed by atoms with van der Waals surface area (Å²) >= 11 is 1.38. The number of primary amides is 1. The Kier molecular flexibility index (Phi) is 1.77. The van der Waals surface area contributed by atoms with Crippen molar-refractivity contribution in [2.24, 2.45) is 5.73 Å². The predicted molar refractivity (Wildman–Crippen MR) is 52.9 cm³/mol. The van der Waals surface area contributed by atoms with Gasteiger partial charge in [-0.1, -0.05) is 0 Å². The third-order valence-corrected chi connectivity index (χ3v) is 2.97. The number of aromatic nitrogens is 1. The van der Waals surface area contributed by atoms with E-state index >= 15 is 0 Å². The number of pyridine rings is 1. The van der Waals surface area contributed by atoms with E-state index < -0.39 is 0 Å². The van der Waals surface area contributed by atoms with Gasteiger partial charge in [0.05, 0.1) is 9.58 Å². The van der Waals surface area contributed by atoms with Crippen LogP contribution in [0.15, 0.2) is 18.5 Å². The molecule has 0 saturated heterocycles. The normalized spacial score (nSPS) is 10.5. The van der Waals surface area contributed by atoms with Gasteiger partial charge >= 0.3 is 0 Å². The first-order chi connectivity index (χ1) is 6.18. The van der Waals surface area contributed by atoms with Gasteiger partial charge in [-0.25, -0.2) is 0 Å². The summed E-state index contributed by atoms with van der Waals surface area (Å²) < 4.78 is 1.01. The van der Waals surface area contributed by atoms with Crippen molar-refractivity contribution in [3.63, 3.8) is 0 Å². The molecule has 2 heterocycles. The minimum absolute atomic E-state index is 0.374. The number of amides is 1. The molecule has 2 N–H and O–H groups in total. The maximum absolute atomic E-state index is 10.9. The van der Waals surface area contributed by atoms with E-state index in [0.717, 1.165) is 15.6 Å². The van der Waals surface area contributed by atoms with Crippen LogP contribution in [0.4, 0.5) is 0 Å². The van der Waals surface area contributed by atoms with Crippen molar-refractivity contribution in [2.75, 3.05) is 0 Å². The minimum atomic E-state index is -0.374. The number of fused-ring (bicyclic) bond motifs is 1. The Morgan fingerprint density at radius 2 is 2.31 bits per heavy atom. The van der Waals surface area contributed by atoms with Gasteiger partial charge in [-0.15, -0.1) is 11.3 Å². The number of carbonyl (C=O) groups is 1. The fourth-order valence-electron chi connectivity index (χ4n) is 1.22. The summed E-state index contributed by atoms with van der Waals surface area (Å²) in [6.07, 6.45) is 3.53. The zero-order valence-corrected chi connectivity index (χ0v) is 7.89. The molecule has 0 unspecified atom stereocenters. The molecule has 2 aromatic heterocycles. The molecule has 0 fully saturated rings. The average molecular weight is 192 g/mol. The Bertz CT molecular complexity index is 475. The third kappa shape index (κ3) is 1.29. The van der Waals surface area contributed by atoms with Gasteiger partial charge in [-0.2, -0.15) is 0 Å². The molecule has 0 spiro atoms. The van der Waals surface area contributed by atoms with Crippen LogP contribution in [-0.2, 0) is 0 Å². The number of hydrogen-bond acceptors (Lipinski definition) is 3. The van der Waals surface area contributed by atoms with Crippen molar-refractivity contribution >= 4 is 27.3 Å². The molecule has 1 amide bonds. The molecule has 0 saturated carbocycles. The van der Waals surface area contributed by atoms with Crippen molar-refractivity contribution in [1.82, 2.24) is 4.98 Å². The summed E-state index contributed by atoms with van der Waals surface area (Å²) in [5, 5.41) is 1.06. The highest BCUT2D eigenvalue weighted by molar-refractivity contribution is 7.20. The summed E-state index contributed by atoms with van der Waals surface area (Å²) in [5.41, 5.74) is 6.25. The van der Waals surface area contributed by atoms with E-state index in [1.54, 1.807) is 12.4 Å². The third-order valence-electron chi connectivity index (χ3n) is 1.89. The Labute approximate surface area is 79.2 Å². The van der Waals surface area contributed by atoms with Crippen molar-refractivity contribution < 1.29 is 4.79 Å². The summed E-state index contributed by atoms with van der Waals surface area (Å²) in [7, 11) is 0. The molecule has 0 radical (unpaired) electrons. The molecule has 66 valence electrons. The lowest BCUT2D eigenvalue weighted by Gasteiger charge is -1.90. The van der Waals surface area contributed by atoms with Crippen molar-refractivity contribution in [3.8, 4) is 0 Å². The topological polar surface area (TPSA) is 56.0 Å². The van der Waals surface area contributed by atoms with Gasteiger partial charge in [0.1, 0.15) is 0 Å². The first kappa shape index (κ1) is 8.19. The molecule has 0 aliphatic heterocycles. The fraction of sp³-hybridized carbons (Fsp3) is 0.111. The van der Waals surface area contributed by atoms with Crippen molar-refractivity contribution in [1.29, 1.82) is 0 Å². The van der Waals surface area contributed by atoms with Crippen LogP contribution in [-0.4, -0.2) is 10.9 Å². The smallest absolute Gasteiger partial charge is 0.258 e. The van der Waals surface area contributed by atoms with E-state index in [4.69, 9.17) is 5.73 Å². The van der Waals surface area contributed by atoms with Crippen LogP contribution in [0.2, 0.25) is 0 Å². The zero-order chi connectivity index (χ0) is 9.42. The molecular formula is C9H8N2OS. The van der Waals surface area contributed by atoms with Gasteiger partial charge in [0.15, 0.2) is 0 Å². The second kappa shape index (κ2) is 2.81. The summed E-state index contributed by atoms with van der Waals surface area (Å²) in [6, 6.07) is 1.82. The lowest BCUT2D eigenvalue weighted by molar-refractivity contribution is 0.100. The Morgan fingerprint density at radius 3 is 2.92 bits per heavy atom. The molecule has 0 bridgehead atoms. The Hall–Kier alpha value is -1.42. The van der Waals surface area contributed by atoms with E-state index in [-0.39, 0.29) is 5.91 Å². The molecular weight excluding hydrogens is 184 g/mol. The first-order valence-electron chi connectivity index (χ1n) is 3.82. The summed E-state index contributed by atoms with van der Waals surface area (Å²) in [6.45, 7) is 1.97. The van der Waals surface area contributed by atoms with Crippen LogP contribution in [0.3, 0.4) is 0 Å². The van der Waals surface area contributed by atoms with Gasteiger partial charge in [-0.05, 0) is 23.9 Å². The number of nitrogens with zero attached hydrogens (tertiary/aromatic N) is 1. The van der Waals surface area contributed by atoms with Gasteiger partial charge in [-0.3, -0.25) is 9.78 Å². The molecule has 2 rings (SSSR count). The zero-order valence-electron chi connectivity index (χ0n) is 7.07. The second-order valence-electron chi connectivity index (χ2n) is 2.84. The van der Waals surface area contributed by atoms with Crippen LogP contribution in [0.25, 0.3) is 10.1 Å². The number of aryl methyl sites for hydroxylation is 1. The number of thiophene rings is 1. The van der Waals surface area contributed by atoms with Crippen molar-refractivity contribution in [3.05, 3.63) is 28.9 Å². The lowest BCUT2D eigenvalue weighted by Crippen LogP contribution is -2.08. The maximum Gasteiger partial charge on any atom is 0.258 e. The fourth-order valence-corrected chi connectivity index (χ4v) is 2.17. The number of rotatable bonds is 1. The lowest BCUT2D eigenvalue weighted by atomic mass is 10.2. The molecule has 2 aromatic rings. The molecule has 0 atom stereocenters.